The standard InChI is InChI=1S/C16H35N3/c1-4-5-6-15-11-16(18-9-7-14(2)3)13-19(12-15)10-8-17/h14-16,18H,4-13,17H2,1-3H3. The van der Waals surface area contributed by atoms with Crippen LogP contribution >= 0.6 is 0 Å². The van der Waals surface area contributed by atoms with Gasteiger partial charge in [0, 0.05) is 32.2 Å². The normalized spacial score (nSPS) is 25.1. The Morgan fingerprint density at radius 1 is 1.32 bits per heavy atom. The number of nitrogens with zero attached hydrogens (tertiary/aromatic N) is 1. The van der Waals surface area contributed by atoms with Crippen molar-refractivity contribution in [2.45, 2.75) is 58.9 Å². The van der Waals surface area contributed by atoms with Gasteiger partial charge in [0.25, 0.3) is 0 Å². The SMILES string of the molecule is CCCCC1CC(NCCC(C)C)CN(CCN)C1. The number of hydrogen-bond acceptors (Lipinski definition) is 3. The van der Waals surface area contributed by atoms with Crippen LogP contribution in [0, 0.1) is 11.8 Å². The van der Waals surface area contributed by atoms with Gasteiger partial charge in [0.2, 0.25) is 0 Å². The lowest BCUT2D eigenvalue weighted by Crippen LogP contribution is -2.50. The van der Waals surface area contributed by atoms with Gasteiger partial charge in [-0.2, -0.15) is 0 Å². The van der Waals surface area contributed by atoms with Crippen molar-refractivity contribution in [1.82, 2.24) is 10.2 Å². The van der Waals surface area contributed by atoms with Crippen molar-refractivity contribution < 1.29 is 0 Å². The second kappa shape index (κ2) is 9.73. The molecule has 0 saturated carbocycles. The smallest absolute Gasteiger partial charge is 0.0198 e. The molecule has 1 rings (SSSR count). The molecule has 1 saturated heterocycles. The van der Waals surface area contributed by atoms with E-state index < -0.39 is 0 Å². The zero-order chi connectivity index (χ0) is 14.1. The van der Waals surface area contributed by atoms with Crippen molar-refractivity contribution in [2.24, 2.45) is 17.6 Å². The molecule has 114 valence electrons. The van der Waals surface area contributed by atoms with Crippen molar-refractivity contribution in [2.75, 3.05) is 32.7 Å². The molecular weight excluding hydrogens is 234 g/mol. The number of likely N-dealkylation sites (tertiary alicyclic amines) is 1. The van der Waals surface area contributed by atoms with Gasteiger partial charge < -0.3 is 16.0 Å². The summed E-state index contributed by atoms with van der Waals surface area (Å²) in [7, 11) is 0. The Kier molecular flexibility index (Phi) is 8.67. The Morgan fingerprint density at radius 2 is 2.11 bits per heavy atom. The van der Waals surface area contributed by atoms with E-state index in [1.807, 2.05) is 0 Å². The maximum absolute atomic E-state index is 5.73. The molecule has 2 atom stereocenters. The van der Waals surface area contributed by atoms with Crippen LogP contribution in [0.15, 0.2) is 0 Å². The highest BCUT2D eigenvalue weighted by Gasteiger charge is 2.25. The molecule has 3 nitrogen and oxygen atoms in total. The maximum Gasteiger partial charge on any atom is 0.0198 e. The number of nitrogens with one attached hydrogen (secondary N) is 1. The third-order valence-electron chi connectivity index (χ3n) is 4.18. The maximum atomic E-state index is 5.73. The molecule has 0 spiro atoms. The molecule has 0 aliphatic carbocycles. The minimum atomic E-state index is 0.681. The van der Waals surface area contributed by atoms with Crippen LogP contribution in [0.5, 0.6) is 0 Å². The van der Waals surface area contributed by atoms with Gasteiger partial charge in [-0.15, -0.1) is 0 Å². The van der Waals surface area contributed by atoms with Crippen LogP contribution < -0.4 is 11.1 Å². The number of rotatable bonds is 9. The molecule has 3 heteroatoms. The van der Waals surface area contributed by atoms with Gasteiger partial charge in [0.15, 0.2) is 0 Å². The Hall–Kier alpha value is -0.120. The van der Waals surface area contributed by atoms with Crippen LogP contribution in [0.1, 0.15) is 52.9 Å². The number of nitrogens with two attached hydrogens (primary N) is 1. The largest absolute Gasteiger partial charge is 0.329 e. The fourth-order valence-electron chi connectivity index (χ4n) is 3.09. The van der Waals surface area contributed by atoms with E-state index in [-0.39, 0.29) is 0 Å². The molecule has 1 heterocycles. The Labute approximate surface area is 120 Å². The summed E-state index contributed by atoms with van der Waals surface area (Å²) in [4.78, 5) is 2.57. The summed E-state index contributed by atoms with van der Waals surface area (Å²) in [5.41, 5.74) is 5.73. The zero-order valence-electron chi connectivity index (χ0n) is 13.3. The second-order valence-electron chi connectivity index (χ2n) is 6.63. The van der Waals surface area contributed by atoms with Crippen molar-refractivity contribution in [3.63, 3.8) is 0 Å². The third kappa shape index (κ3) is 7.28. The van der Waals surface area contributed by atoms with E-state index in [4.69, 9.17) is 5.73 Å². The predicted octanol–water partition coefficient (Wildman–Crippen LogP) is 2.46. The first kappa shape index (κ1) is 16.9. The molecule has 1 aliphatic heterocycles. The Morgan fingerprint density at radius 3 is 2.74 bits per heavy atom. The lowest BCUT2D eigenvalue weighted by Gasteiger charge is -2.38. The van der Waals surface area contributed by atoms with E-state index >= 15 is 0 Å². The van der Waals surface area contributed by atoms with Crippen LogP contribution in [0.25, 0.3) is 0 Å². The molecule has 0 aromatic heterocycles. The summed E-state index contributed by atoms with van der Waals surface area (Å²) in [6.07, 6.45) is 6.73. The highest BCUT2D eigenvalue weighted by atomic mass is 15.2. The molecule has 0 amide bonds. The van der Waals surface area contributed by atoms with Crippen LogP contribution in [0.4, 0.5) is 0 Å². The van der Waals surface area contributed by atoms with Crippen LogP contribution in [-0.2, 0) is 0 Å². The van der Waals surface area contributed by atoms with Crippen LogP contribution in [0.2, 0.25) is 0 Å². The van der Waals surface area contributed by atoms with Crippen molar-refractivity contribution in [1.29, 1.82) is 0 Å². The minimum Gasteiger partial charge on any atom is -0.329 e. The average Bonchev–Trinajstić information content (AvgIpc) is 2.36. The summed E-state index contributed by atoms with van der Waals surface area (Å²) >= 11 is 0. The average molecular weight is 269 g/mol. The molecule has 2 unspecified atom stereocenters. The van der Waals surface area contributed by atoms with Gasteiger partial charge >= 0.3 is 0 Å². The summed E-state index contributed by atoms with van der Waals surface area (Å²) < 4.78 is 0. The molecule has 1 aliphatic rings. The van der Waals surface area contributed by atoms with Gasteiger partial charge in [-0.1, -0.05) is 33.6 Å². The number of hydrogen-bond donors (Lipinski definition) is 2. The second-order valence-corrected chi connectivity index (χ2v) is 6.63. The van der Waals surface area contributed by atoms with Crippen molar-refractivity contribution in [3.8, 4) is 0 Å². The summed E-state index contributed by atoms with van der Waals surface area (Å²) in [5.74, 6) is 1.67. The molecule has 0 aromatic carbocycles. The molecule has 3 N–H and O–H groups in total. The first-order valence-electron chi connectivity index (χ1n) is 8.31. The summed E-state index contributed by atoms with van der Waals surface area (Å²) in [5, 5.41) is 3.77. The van der Waals surface area contributed by atoms with Crippen LogP contribution in [-0.4, -0.2) is 43.7 Å². The molecule has 0 radical (unpaired) electrons. The number of piperidine rings is 1. The summed E-state index contributed by atoms with van der Waals surface area (Å²) in [6.45, 7) is 12.4. The third-order valence-corrected chi connectivity index (χ3v) is 4.18. The van der Waals surface area contributed by atoms with Gasteiger partial charge in [-0.3, -0.25) is 0 Å². The quantitative estimate of drug-likeness (QED) is 0.675. The summed E-state index contributed by atoms with van der Waals surface area (Å²) in [6, 6.07) is 0.681. The molecule has 19 heavy (non-hydrogen) atoms. The van der Waals surface area contributed by atoms with Gasteiger partial charge in [-0.25, -0.2) is 0 Å². The van der Waals surface area contributed by atoms with Crippen molar-refractivity contribution >= 4 is 0 Å². The Bertz CT molecular complexity index is 218. The van der Waals surface area contributed by atoms with E-state index in [1.54, 1.807) is 0 Å². The highest BCUT2D eigenvalue weighted by Crippen LogP contribution is 2.22. The molecule has 1 fully saturated rings. The highest BCUT2D eigenvalue weighted by molar-refractivity contribution is 4.83. The van der Waals surface area contributed by atoms with Gasteiger partial charge in [0.1, 0.15) is 0 Å². The first-order valence-corrected chi connectivity index (χ1v) is 8.31. The predicted molar refractivity (Wildman–Crippen MR) is 84.4 cm³/mol. The van der Waals surface area contributed by atoms with Crippen LogP contribution in [0.3, 0.4) is 0 Å². The topological polar surface area (TPSA) is 41.3 Å². The molecule has 0 bridgehead atoms. The van der Waals surface area contributed by atoms with E-state index in [9.17, 15) is 0 Å². The van der Waals surface area contributed by atoms with E-state index in [1.165, 1.54) is 51.7 Å². The van der Waals surface area contributed by atoms with Crippen molar-refractivity contribution in [3.05, 3.63) is 0 Å². The molecular formula is C16H35N3. The monoisotopic (exact) mass is 269 g/mol. The fourth-order valence-corrected chi connectivity index (χ4v) is 3.09. The minimum absolute atomic E-state index is 0.681. The van der Waals surface area contributed by atoms with Gasteiger partial charge in [-0.05, 0) is 37.6 Å². The lowest BCUT2D eigenvalue weighted by atomic mass is 9.89. The first-order chi connectivity index (χ1) is 9.15. The Balaban J connectivity index is 2.35. The van der Waals surface area contributed by atoms with E-state index in [0.29, 0.717) is 6.04 Å². The van der Waals surface area contributed by atoms with Gasteiger partial charge in [0.05, 0.1) is 0 Å². The van der Waals surface area contributed by atoms with E-state index in [2.05, 4.69) is 31.0 Å². The lowest BCUT2D eigenvalue weighted by molar-refractivity contribution is 0.137. The zero-order valence-corrected chi connectivity index (χ0v) is 13.3. The fraction of sp³-hybridized carbons (Fsp3) is 1.00. The number of unbranched alkanes of at least 4 members (excludes halogenated alkanes) is 1. The van der Waals surface area contributed by atoms with E-state index in [0.717, 1.165) is 24.9 Å². The molecule has 0 aromatic rings.